The number of hydrogen-bond acceptors (Lipinski definition) is 6. The molecule has 144 valence electrons. The lowest BCUT2D eigenvalue weighted by molar-refractivity contribution is 0.0988. The van der Waals surface area contributed by atoms with Crippen LogP contribution in [0.4, 0.5) is 5.69 Å². The molecular weight excluding hydrogens is 394 g/mol. The Kier molecular flexibility index (Phi) is 6.26. The molecule has 0 saturated carbocycles. The number of anilines is 1. The molecule has 0 fully saturated rings. The Balaban J connectivity index is 1.85. The van der Waals surface area contributed by atoms with Crippen LogP contribution in [-0.4, -0.2) is 32.4 Å². The molecule has 3 rings (SSSR count). The summed E-state index contributed by atoms with van der Waals surface area (Å²) in [5, 5.41) is 1.53. The highest BCUT2D eigenvalue weighted by Crippen LogP contribution is 2.31. The maximum Gasteiger partial charge on any atom is 0.259 e. The van der Waals surface area contributed by atoms with Gasteiger partial charge in [0, 0.05) is 30.3 Å². The molecule has 28 heavy (non-hydrogen) atoms. The van der Waals surface area contributed by atoms with E-state index in [9.17, 15) is 4.79 Å². The van der Waals surface area contributed by atoms with Gasteiger partial charge in [-0.25, -0.2) is 15.0 Å². The highest BCUT2D eigenvalue weighted by Gasteiger charge is 2.19. The van der Waals surface area contributed by atoms with Crippen LogP contribution in [0.15, 0.2) is 47.0 Å². The first-order chi connectivity index (χ1) is 13.4. The number of hydrogen-bond donors (Lipinski definition) is 0. The van der Waals surface area contributed by atoms with Crippen molar-refractivity contribution in [3.8, 4) is 0 Å². The first-order valence-electron chi connectivity index (χ1n) is 8.77. The summed E-state index contributed by atoms with van der Waals surface area (Å²) >= 11 is 7.69. The van der Waals surface area contributed by atoms with Gasteiger partial charge in [-0.1, -0.05) is 11.6 Å². The number of aryl methyl sites for hydroxylation is 2. The third-order valence-corrected chi connectivity index (χ3v) is 5.66. The molecule has 0 spiro atoms. The van der Waals surface area contributed by atoms with Crippen molar-refractivity contribution in [2.45, 2.75) is 37.9 Å². The van der Waals surface area contributed by atoms with Crippen LogP contribution in [0.25, 0.3) is 0 Å². The molecule has 0 bridgehead atoms. The van der Waals surface area contributed by atoms with E-state index in [-0.39, 0.29) is 5.91 Å². The second kappa shape index (κ2) is 8.67. The summed E-state index contributed by atoms with van der Waals surface area (Å²) in [5.41, 5.74) is 4.06. The van der Waals surface area contributed by atoms with Crippen molar-refractivity contribution in [1.82, 2.24) is 19.9 Å². The highest BCUT2D eigenvalue weighted by atomic mass is 35.5. The quantitative estimate of drug-likeness (QED) is 0.566. The minimum atomic E-state index is -0.181. The molecule has 0 unspecified atom stereocenters. The Morgan fingerprint density at radius 3 is 2.46 bits per heavy atom. The van der Waals surface area contributed by atoms with Crippen molar-refractivity contribution in [3.05, 3.63) is 64.3 Å². The van der Waals surface area contributed by atoms with Crippen LogP contribution in [0.1, 0.15) is 34.2 Å². The Morgan fingerprint density at radius 1 is 1.18 bits per heavy atom. The van der Waals surface area contributed by atoms with Crippen LogP contribution in [0, 0.1) is 20.8 Å². The summed E-state index contributed by atoms with van der Waals surface area (Å²) in [6, 6.07) is 5.26. The van der Waals surface area contributed by atoms with Crippen molar-refractivity contribution in [1.29, 1.82) is 0 Å². The molecule has 0 aliphatic heterocycles. The number of rotatable bonds is 5. The fraction of sp³-hybridized carbons (Fsp3) is 0.250. The van der Waals surface area contributed by atoms with Crippen molar-refractivity contribution < 1.29 is 4.79 Å². The SMILES string of the molecule is CCN(C(=O)c1cnc(Sc2nc(C)c(C)c(C)n2)c(Cl)c1)c1cccnc1. The van der Waals surface area contributed by atoms with E-state index in [1.165, 1.54) is 18.0 Å². The van der Waals surface area contributed by atoms with Crippen LogP contribution in [0.2, 0.25) is 5.02 Å². The number of halogens is 1. The number of pyridine rings is 2. The summed E-state index contributed by atoms with van der Waals surface area (Å²) in [4.78, 5) is 31.9. The van der Waals surface area contributed by atoms with E-state index in [4.69, 9.17) is 11.6 Å². The number of carbonyl (C=O) groups is 1. The number of nitrogens with zero attached hydrogens (tertiary/aromatic N) is 5. The second-order valence-electron chi connectivity index (χ2n) is 6.18. The first kappa shape index (κ1) is 20.2. The Bertz CT molecular complexity index is 990. The molecule has 3 aromatic rings. The topological polar surface area (TPSA) is 71.9 Å². The Hall–Kier alpha value is -2.51. The third kappa shape index (κ3) is 4.31. The van der Waals surface area contributed by atoms with Gasteiger partial charge in [-0.3, -0.25) is 9.78 Å². The molecule has 8 heteroatoms. The summed E-state index contributed by atoms with van der Waals surface area (Å²) < 4.78 is 0. The monoisotopic (exact) mass is 413 g/mol. The maximum absolute atomic E-state index is 12.9. The van der Waals surface area contributed by atoms with Crippen LogP contribution in [0.3, 0.4) is 0 Å². The molecule has 1 amide bonds. The van der Waals surface area contributed by atoms with Crippen LogP contribution in [-0.2, 0) is 0 Å². The predicted octanol–water partition coefficient (Wildman–Crippen LogP) is 4.66. The summed E-state index contributed by atoms with van der Waals surface area (Å²) in [7, 11) is 0. The standard InChI is InChI=1S/C20H20ClN5OS/c1-5-26(16-7-6-8-22-11-16)19(27)15-9-17(21)18(23-10-15)28-20-24-13(3)12(2)14(4)25-20/h6-11H,5H2,1-4H3. The molecule has 0 saturated heterocycles. The fourth-order valence-corrected chi connectivity index (χ4v) is 3.69. The summed E-state index contributed by atoms with van der Waals surface area (Å²) in [5.74, 6) is -0.181. The number of aromatic nitrogens is 4. The molecular formula is C20H20ClN5OS. The van der Waals surface area contributed by atoms with E-state index in [1.807, 2.05) is 33.8 Å². The molecule has 0 aliphatic carbocycles. The van der Waals surface area contributed by atoms with Crippen LogP contribution in [0.5, 0.6) is 0 Å². The molecule has 3 aromatic heterocycles. The average molecular weight is 414 g/mol. The van der Waals surface area contributed by atoms with E-state index >= 15 is 0 Å². The zero-order chi connectivity index (χ0) is 20.3. The van der Waals surface area contributed by atoms with Gasteiger partial charge in [0.05, 0.1) is 22.5 Å². The third-order valence-electron chi connectivity index (χ3n) is 4.37. The normalized spacial score (nSPS) is 10.8. The summed E-state index contributed by atoms with van der Waals surface area (Å²) in [6.45, 7) is 8.30. The lowest BCUT2D eigenvalue weighted by atomic mass is 10.2. The van der Waals surface area contributed by atoms with Gasteiger partial charge in [0.15, 0.2) is 5.16 Å². The Labute approximate surface area is 173 Å². The van der Waals surface area contributed by atoms with Crippen molar-refractivity contribution in [3.63, 3.8) is 0 Å². The van der Waals surface area contributed by atoms with Gasteiger partial charge in [-0.15, -0.1) is 0 Å². The molecule has 0 N–H and O–H groups in total. The van der Waals surface area contributed by atoms with Gasteiger partial charge in [0.25, 0.3) is 5.91 Å². The molecule has 0 radical (unpaired) electrons. The van der Waals surface area contributed by atoms with Gasteiger partial charge >= 0.3 is 0 Å². The summed E-state index contributed by atoms with van der Waals surface area (Å²) in [6.07, 6.45) is 4.85. The van der Waals surface area contributed by atoms with E-state index in [0.717, 1.165) is 22.6 Å². The maximum atomic E-state index is 12.9. The van der Waals surface area contributed by atoms with Crippen LogP contribution < -0.4 is 4.90 Å². The second-order valence-corrected chi connectivity index (χ2v) is 7.54. The number of amides is 1. The van der Waals surface area contributed by atoms with Gasteiger partial charge in [0.1, 0.15) is 5.03 Å². The minimum absolute atomic E-state index is 0.181. The molecule has 0 atom stereocenters. The van der Waals surface area contributed by atoms with Gasteiger partial charge < -0.3 is 4.90 Å². The zero-order valence-electron chi connectivity index (χ0n) is 16.1. The van der Waals surface area contributed by atoms with Crippen molar-refractivity contribution in [2.75, 3.05) is 11.4 Å². The highest BCUT2D eigenvalue weighted by molar-refractivity contribution is 7.99. The first-order valence-corrected chi connectivity index (χ1v) is 9.97. The largest absolute Gasteiger partial charge is 0.307 e. The smallest absolute Gasteiger partial charge is 0.259 e. The predicted molar refractivity (Wildman–Crippen MR) is 111 cm³/mol. The fourth-order valence-electron chi connectivity index (χ4n) is 2.60. The molecule has 6 nitrogen and oxygen atoms in total. The zero-order valence-corrected chi connectivity index (χ0v) is 17.7. The van der Waals surface area contributed by atoms with Gasteiger partial charge in [-0.05, 0) is 63.2 Å². The Morgan fingerprint density at radius 2 is 1.89 bits per heavy atom. The van der Waals surface area contributed by atoms with E-state index < -0.39 is 0 Å². The van der Waals surface area contributed by atoms with Crippen LogP contribution >= 0.6 is 23.4 Å². The van der Waals surface area contributed by atoms with E-state index in [2.05, 4.69) is 19.9 Å². The molecule has 0 aromatic carbocycles. The van der Waals surface area contributed by atoms with Crippen molar-refractivity contribution in [2.24, 2.45) is 0 Å². The average Bonchev–Trinajstić information content (AvgIpc) is 2.69. The van der Waals surface area contributed by atoms with Gasteiger partial charge in [0.2, 0.25) is 0 Å². The van der Waals surface area contributed by atoms with Crippen molar-refractivity contribution >= 4 is 35.0 Å². The molecule has 0 aliphatic rings. The van der Waals surface area contributed by atoms with E-state index in [1.54, 1.807) is 29.4 Å². The lowest BCUT2D eigenvalue weighted by Crippen LogP contribution is -2.30. The molecule has 3 heterocycles. The lowest BCUT2D eigenvalue weighted by Gasteiger charge is -2.20. The minimum Gasteiger partial charge on any atom is -0.307 e. The van der Waals surface area contributed by atoms with Gasteiger partial charge in [-0.2, -0.15) is 0 Å². The van der Waals surface area contributed by atoms with E-state index in [0.29, 0.717) is 27.3 Å². The number of carbonyl (C=O) groups excluding carboxylic acids is 1.